The molecule has 4 nitrogen and oxygen atoms in total. The van der Waals surface area contributed by atoms with Crippen molar-refractivity contribution in [2.24, 2.45) is 0 Å². The summed E-state index contributed by atoms with van der Waals surface area (Å²) >= 11 is 0. The quantitative estimate of drug-likeness (QED) is 0.794. The molecule has 3 rings (SSSR count). The molecule has 2 aromatic carbocycles. The van der Waals surface area contributed by atoms with Crippen LogP contribution in [0.4, 0.5) is 5.95 Å². The predicted octanol–water partition coefficient (Wildman–Crippen LogP) is 3.91. The van der Waals surface area contributed by atoms with E-state index < -0.39 is 0 Å². The van der Waals surface area contributed by atoms with E-state index in [1.165, 1.54) is 5.56 Å². The third-order valence-corrected chi connectivity index (χ3v) is 3.58. The predicted molar refractivity (Wildman–Crippen MR) is 89.2 cm³/mol. The summed E-state index contributed by atoms with van der Waals surface area (Å²) in [6.45, 7) is 4.34. The van der Waals surface area contributed by atoms with Crippen LogP contribution in [0, 0.1) is 0 Å². The van der Waals surface area contributed by atoms with E-state index in [0.717, 1.165) is 22.5 Å². The maximum absolute atomic E-state index is 5.74. The lowest BCUT2D eigenvalue weighted by Gasteiger charge is -2.11. The molecule has 1 heterocycles. The number of anilines is 1. The summed E-state index contributed by atoms with van der Waals surface area (Å²) < 4.78 is 0. The Labute approximate surface area is 130 Å². The van der Waals surface area contributed by atoms with E-state index in [9.17, 15) is 0 Å². The number of nitrogen functional groups attached to an aromatic ring is 1. The highest BCUT2D eigenvalue weighted by Crippen LogP contribution is 2.30. The Bertz CT molecular complexity index is 782. The minimum atomic E-state index is 0.183. The fourth-order valence-electron chi connectivity index (χ4n) is 2.38. The van der Waals surface area contributed by atoms with Gasteiger partial charge in [-0.1, -0.05) is 62.4 Å². The van der Waals surface area contributed by atoms with Crippen molar-refractivity contribution >= 4 is 5.95 Å². The lowest BCUT2D eigenvalue weighted by atomic mass is 9.98. The van der Waals surface area contributed by atoms with Crippen LogP contribution in [-0.2, 0) is 0 Å². The van der Waals surface area contributed by atoms with E-state index in [2.05, 4.69) is 41.2 Å². The van der Waals surface area contributed by atoms with Crippen molar-refractivity contribution in [2.45, 2.75) is 19.8 Å². The first-order valence-corrected chi connectivity index (χ1v) is 7.31. The van der Waals surface area contributed by atoms with Gasteiger partial charge in [0, 0.05) is 11.1 Å². The molecular weight excluding hydrogens is 272 g/mol. The van der Waals surface area contributed by atoms with Gasteiger partial charge in [-0.3, -0.25) is 0 Å². The molecular formula is C18H18N4. The molecule has 0 aliphatic carbocycles. The molecule has 1 aromatic heterocycles. The SMILES string of the molecule is CC(C)c1cccc(-c2nnc(N)nc2-c2ccccc2)c1. The van der Waals surface area contributed by atoms with Crippen LogP contribution in [0.25, 0.3) is 22.5 Å². The number of benzene rings is 2. The zero-order valence-corrected chi connectivity index (χ0v) is 12.7. The number of hydrogen-bond donors (Lipinski definition) is 1. The van der Waals surface area contributed by atoms with Crippen LogP contribution in [0.1, 0.15) is 25.3 Å². The topological polar surface area (TPSA) is 64.7 Å². The summed E-state index contributed by atoms with van der Waals surface area (Å²) in [4.78, 5) is 4.40. The van der Waals surface area contributed by atoms with Crippen molar-refractivity contribution < 1.29 is 0 Å². The minimum Gasteiger partial charge on any atom is -0.366 e. The Morgan fingerprint density at radius 3 is 2.27 bits per heavy atom. The number of hydrogen-bond acceptors (Lipinski definition) is 4. The Morgan fingerprint density at radius 2 is 1.55 bits per heavy atom. The molecule has 0 aliphatic heterocycles. The molecule has 0 aliphatic rings. The molecule has 0 unspecified atom stereocenters. The average molecular weight is 290 g/mol. The number of rotatable bonds is 3. The Balaban J connectivity index is 2.17. The van der Waals surface area contributed by atoms with Crippen molar-refractivity contribution in [3.8, 4) is 22.5 Å². The van der Waals surface area contributed by atoms with Gasteiger partial charge in [-0.2, -0.15) is 0 Å². The molecule has 22 heavy (non-hydrogen) atoms. The summed E-state index contributed by atoms with van der Waals surface area (Å²) in [6, 6.07) is 18.2. The Kier molecular flexibility index (Phi) is 3.83. The summed E-state index contributed by atoms with van der Waals surface area (Å²) in [5.41, 5.74) is 10.5. The van der Waals surface area contributed by atoms with E-state index in [0.29, 0.717) is 5.92 Å². The molecule has 110 valence electrons. The molecule has 0 radical (unpaired) electrons. The van der Waals surface area contributed by atoms with Gasteiger partial charge >= 0.3 is 0 Å². The van der Waals surface area contributed by atoms with Crippen molar-refractivity contribution in [2.75, 3.05) is 5.73 Å². The minimum absolute atomic E-state index is 0.183. The molecule has 0 bridgehead atoms. The van der Waals surface area contributed by atoms with Gasteiger partial charge in [0.25, 0.3) is 0 Å². The van der Waals surface area contributed by atoms with Crippen LogP contribution < -0.4 is 5.73 Å². The van der Waals surface area contributed by atoms with Gasteiger partial charge in [-0.15, -0.1) is 10.2 Å². The fraction of sp³-hybridized carbons (Fsp3) is 0.167. The van der Waals surface area contributed by atoms with Crippen LogP contribution in [0.15, 0.2) is 54.6 Å². The standard InChI is InChI=1S/C18H18N4/c1-12(2)14-9-6-10-15(11-14)17-16(20-18(19)22-21-17)13-7-4-3-5-8-13/h3-12H,1-2H3,(H2,19,20,22). The zero-order chi connectivity index (χ0) is 15.5. The monoisotopic (exact) mass is 290 g/mol. The largest absolute Gasteiger partial charge is 0.366 e. The fourth-order valence-corrected chi connectivity index (χ4v) is 2.38. The summed E-state index contributed by atoms with van der Waals surface area (Å²) in [5.74, 6) is 0.637. The van der Waals surface area contributed by atoms with E-state index in [1.54, 1.807) is 0 Å². The van der Waals surface area contributed by atoms with Crippen LogP contribution >= 0.6 is 0 Å². The molecule has 0 spiro atoms. The molecule has 0 amide bonds. The first-order valence-electron chi connectivity index (χ1n) is 7.31. The summed E-state index contributed by atoms with van der Waals surface area (Å²) in [7, 11) is 0. The van der Waals surface area contributed by atoms with Crippen LogP contribution in [0.3, 0.4) is 0 Å². The van der Waals surface area contributed by atoms with Gasteiger partial charge in [-0.25, -0.2) is 4.98 Å². The Morgan fingerprint density at radius 1 is 0.818 bits per heavy atom. The number of nitrogens with zero attached hydrogens (tertiary/aromatic N) is 3. The third-order valence-electron chi connectivity index (χ3n) is 3.58. The average Bonchev–Trinajstić information content (AvgIpc) is 2.55. The van der Waals surface area contributed by atoms with Gasteiger partial charge in [0.15, 0.2) is 0 Å². The normalized spacial score (nSPS) is 10.9. The van der Waals surface area contributed by atoms with Crippen molar-refractivity contribution in [3.63, 3.8) is 0 Å². The smallest absolute Gasteiger partial charge is 0.240 e. The lowest BCUT2D eigenvalue weighted by molar-refractivity contribution is 0.866. The van der Waals surface area contributed by atoms with Gasteiger partial charge in [0.2, 0.25) is 5.95 Å². The summed E-state index contributed by atoms with van der Waals surface area (Å²) in [6.07, 6.45) is 0. The molecule has 0 saturated heterocycles. The highest BCUT2D eigenvalue weighted by Gasteiger charge is 2.13. The van der Waals surface area contributed by atoms with Gasteiger partial charge in [0.05, 0.1) is 0 Å². The van der Waals surface area contributed by atoms with Crippen LogP contribution in [0.2, 0.25) is 0 Å². The second-order valence-corrected chi connectivity index (χ2v) is 5.51. The molecule has 4 heteroatoms. The second kappa shape index (κ2) is 5.93. The molecule has 3 aromatic rings. The van der Waals surface area contributed by atoms with E-state index in [4.69, 9.17) is 5.73 Å². The van der Waals surface area contributed by atoms with Crippen LogP contribution in [0.5, 0.6) is 0 Å². The van der Waals surface area contributed by atoms with E-state index >= 15 is 0 Å². The molecule has 0 saturated carbocycles. The van der Waals surface area contributed by atoms with Crippen molar-refractivity contribution in [1.82, 2.24) is 15.2 Å². The first kappa shape index (κ1) is 14.2. The zero-order valence-electron chi connectivity index (χ0n) is 12.7. The van der Waals surface area contributed by atoms with Gasteiger partial charge in [0.1, 0.15) is 11.4 Å². The highest BCUT2D eigenvalue weighted by atomic mass is 15.2. The molecule has 0 fully saturated rings. The lowest BCUT2D eigenvalue weighted by Crippen LogP contribution is -2.02. The Hall–Kier alpha value is -2.75. The van der Waals surface area contributed by atoms with Crippen LogP contribution in [-0.4, -0.2) is 15.2 Å². The van der Waals surface area contributed by atoms with E-state index in [1.807, 2.05) is 42.5 Å². The highest BCUT2D eigenvalue weighted by molar-refractivity contribution is 5.78. The third kappa shape index (κ3) is 2.81. The second-order valence-electron chi connectivity index (χ2n) is 5.51. The molecule has 2 N–H and O–H groups in total. The van der Waals surface area contributed by atoms with E-state index in [-0.39, 0.29) is 5.95 Å². The maximum Gasteiger partial charge on any atom is 0.240 e. The molecule has 0 atom stereocenters. The maximum atomic E-state index is 5.74. The van der Waals surface area contributed by atoms with Gasteiger partial charge in [-0.05, 0) is 17.5 Å². The number of nitrogens with two attached hydrogens (primary N) is 1. The van der Waals surface area contributed by atoms with Gasteiger partial charge < -0.3 is 5.73 Å². The summed E-state index contributed by atoms with van der Waals surface area (Å²) in [5, 5.41) is 8.22. The van der Waals surface area contributed by atoms with Crippen molar-refractivity contribution in [3.05, 3.63) is 60.2 Å². The number of aromatic nitrogens is 3. The van der Waals surface area contributed by atoms with Crippen molar-refractivity contribution in [1.29, 1.82) is 0 Å². The first-order chi connectivity index (χ1) is 10.6.